The molecule has 1 unspecified atom stereocenters. The van der Waals surface area contributed by atoms with Gasteiger partial charge in [0.1, 0.15) is 5.69 Å². The topological polar surface area (TPSA) is 61.0 Å². The van der Waals surface area contributed by atoms with E-state index in [2.05, 4.69) is 21.4 Å². The van der Waals surface area contributed by atoms with Crippen LogP contribution in [-0.2, 0) is 0 Å². The number of hydrogen-bond donors (Lipinski definition) is 2. The van der Waals surface area contributed by atoms with Crippen LogP contribution in [0.3, 0.4) is 0 Å². The number of H-pyrrole nitrogens is 1. The van der Waals surface area contributed by atoms with E-state index in [0.717, 1.165) is 40.9 Å². The average molecular weight is 334 g/mol. The normalized spacial score (nSPS) is 17.2. The van der Waals surface area contributed by atoms with Crippen molar-refractivity contribution >= 4 is 22.5 Å². The van der Waals surface area contributed by atoms with E-state index in [0.29, 0.717) is 18.2 Å². The monoisotopic (exact) mass is 334 g/mol. The van der Waals surface area contributed by atoms with Gasteiger partial charge in [-0.3, -0.25) is 9.78 Å². The maximum atomic E-state index is 12.8. The summed E-state index contributed by atoms with van der Waals surface area (Å²) in [6, 6.07) is 14.0. The maximum Gasteiger partial charge on any atom is 0.270 e. The van der Waals surface area contributed by atoms with Crippen LogP contribution < -0.4 is 5.32 Å². The second-order valence-electron chi connectivity index (χ2n) is 6.68. The highest BCUT2D eigenvalue weighted by atomic mass is 16.2. The van der Waals surface area contributed by atoms with E-state index in [1.54, 1.807) is 0 Å². The van der Waals surface area contributed by atoms with E-state index in [1.165, 1.54) is 0 Å². The van der Waals surface area contributed by atoms with Crippen LogP contribution in [0.25, 0.3) is 10.9 Å². The first-order chi connectivity index (χ1) is 12.1. The fourth-order valence-corrected chi connectivity index (χ4v) is 3.59. The Kier molecular flexibility index (Phi) is 3.92. The Morgan fingerprint density at radius 2 is 2.12 bits per heavy atom. The summed E-state index contributed by atoms with van der Waals surface area (Å²) in [5.41, 5.74) is 4.80. The quantitative estimate of drug-likeness (QED) is 0.770. The number of para-hydroxylation sites is 1. The molecular weight excluding hydrogens is 312 g/mol. The Morgan fingerprint density at radius 1 is 1.28 bits per heavy atom. The van der Waals surface area contributed by atoms with Crippen LogP contribution in [0.1, 0.15) is 34.2 Å². The zero-order valence-corrected chi connectivity index (χ0v) is 14.5. The van der Waals surface area contributed by atoms with Gasteiger partial charge in [-0.1, -0.05) is 18.2 Å². The number of hydrogen-bond acceptors (Lipinski definition) is 3. The van der Waals surface area contributed by atoms with E-state index in [1.807, 2.05) is 55.3 Å². The van der Waals surface area contributed by atoms with E-state index >= 15 is 0 Å². The molecule has 5 nitrogen and oxygen atoms in total. The summed E-state index contributed by atoms with van der Waals surface area (Å²) in [4.78, 5) is 22.7. The van der Waals surface area contributed by atoms with E-state index < -0.39 is 0 Å². The van der Waals surface area contributed by atoms with Gasteiger partial charge in [0.2, 0.25) is 0 Å². The number of amides is 1. The molecule has 0 saturated carbocycles. The van der Waals surface area contributed by atoms with Crippen LogP contribution in [0.2, 0.25) is 0 Å². The molecule has 3 heterocycles. The number of anilines is 1. The lowest BCUT2D eigenvalue weighted by atomic mass is 10.0. The van der Waals surface area contributed by atoms with E-state index in [-0.39, 0.29) is 5.91 Å². The van der Waals surface area contributed by atoms with Gasteiger partial charge in [0, 0.05) is 54.0 Å². The van der Waals surface area contributed by atoms with Gasteiger partial charge in [-0.05, 0) is 37.6 Å². The van der Waals surface area contributed by atoms with Gasteiger partial charge in [-0.25, -0.2) is 0 Å². The van der Waals surface area contributed by atoms with Crippen LogP contribution in [0.5, 0.6) is 0 Å². The van der Waals surface area contributed by atoms with E-state index in [4.69, 9.17) is 0 Å². The molecule has 128 valence electrons. The van der Waals surface area contributed by atoms with Crippen molar-refractivity contribution in [3.63, 3.8) is 0 Å². The van der Waals surface area contributed by atoms with Gasteiger partial charge in [0.25, 0.3) is 5.91 Å². The SMILES string of the molecule is CNc1cc(C)nc(C2CCN(C(=O)c3cc4ccccc4[nH]3)C2)c1. The lowest BCUT2D eigenvalue weighted by Crippen LogP contribution is -2.28. The van der Waals surface area contributed by atoms with Gasteiger partial charge < -0.3 is 15.2 Å². The first-order valence-corrected chi connectivity index (χ1v) is 8.67. The maximum absolute atomic E-state index is 12.8. The van der Waals surface area contributed by atoms with Crippen LogP contribution in [0.4, 0.5) is 5.69 Å². The molecule has 0 radical (unpaired) electrons. The van der Waals surface area contributed by atoms with Crippen LogP contribution in [0.15, 0.2) is 42.5 Å². The summed E-state index contributed by atoms with van der Waals surface area (Å²) in [5, 5.41) is 4.25. The van der Waals surface area contributed by atoms with Crippen molar-refractivity contribution in [3.05, 3.63) is 59.5 Å². The molecule has 1 fully saturated rings. The number of nitrogens with zero attached hydrogens (tertiary/aromatic N) is 2. The average Bonchev–Trinajstić information content (AvgIpc) is 3.27. The fourth-order valence-electron chi connectivity index (χ4n) is 3.59. The third-order valence-electron chi connectivity index (χ3n) is 4.92. The minimum Gasteiger partial charge on any atom is -0.388 e. The molecule has 4 rings (SSSR count). The van der Waals surface area contributed by atoms with Crippen molar-refractivity contribution in [1.29, 1.82) is 0 Å². The Hall–Kier alpha value is -2.82. The molecule has 1 aliphatic heterocycles. The van der Waals surface area contributed by atoms with Crippen molar-refractivity contribution in [2.75, 3.05) is 25.5 Å². The third-order valence-corrected chi connectivity index (χ3v) is 4.92. The number of rotatable bonds is 3. The number of carbonyl (C=O) groups excluding carboxylic acids is 1. The lowest BCUT2D eigenvalue weighted by Gasteiger charge is -2.16. The Balaban J connectivity index is 1.53. The molecule has 3 aromatic rings. The minimum absolute atomic E-state index is 0.0696. The van der Waals surface area contributed by atoms with Gasteiger partial charge in [-0.15, -0.1) is 0 Å². The van der Waals surface area contributed by atoms with Crippen molar-refractivity contribution in [2.45, 2.75) is 19.3 Å². The highest BCUT2D eigenvalue weighted by Gasteiger charge is 2.29. The number of fused-ring (bicyclic) bond motifs is 1. The molecule has 1 amide bonds. The predicted octanol–water partition coefficient (Wildman–Crippen LogP) is 3.54. The zero-order chi connectivity index (χ0) is 17.4. The number of benzene rings is 1. The standard InChI is InChI=1S/C20H22N4O/c1-13-9-16(21-2)11-18(22-13)15-7-8-24(12-15)20(25)19-10-14-5-3-4-6-17(14)23-19/h3-6,9-11,15,23H,7-8,12H2,1-2H3,(H,21,22). The highest BCUT2D eigenvalue weighted by molar-refractivity contribution is 5.98. The molecule has 1 atom stereocenters. The fraction of sp³-hybridized carbons (Fsp3) is 0.300. The summed E-state index contributed by atoms with van der Waals surface area (Å²) in [7, 11) is 1.92. The number of carbonyl (C=O) groups is 1. The summed E-state index contributed by atoms with van der Waals surface area (Å²) in [5.74, 6) is 0.362. The summed E-state index contributed by atoms with van der Waals surface area (Å²) in [6.45, 7) is 3.49. The molecule has 2 aromatic heterocycles. The molecular formula is C20H22N4O. The van der Waals surface area contributed by atoms with Crippen molar-refractivity contribution < 1.29 is 4.79 Å². The van der Waals surface area contributed by atoms with Gasteiger partial charge in [-0.2, -0.15) is 0 Å². The van der Waals surface area contributed by atoms with Crippen LogP contribution in [0, 0.1) is 6.92 Å². The summed E-state index contributed by atoms with van der Waals surface area (Å²) in [6.07, 6.45) is 0.950. The molecule has 1 aliphatic rings. The minimum atomic E-state index is 0.0696. The predicted molar refractivity (Wildman–Crippen MR) is 100 cm³/mol. The molecule has 0 bridgehead atoms. The van der Waals surface area contributed by atoms with Gasteiger partial charge in [0.15, 0.2) is 0 Å². The number of aromatic amines is 1. The number of aromatic nitrogens is 2. The first kappa shape index (κ1) is 15.7. The number of pyridine rings is 1. The lowest BCUT2D eigenvalue weighted by molar-refractivity contribution is 0.0786. The number of nitrogens with one attached hydrogen (secondary N) is 2. The van der Waals surface area contributed by atoms with Crippen LogP contribution >= 0.6 is 0 Å². The van der Waals surface area contributed by atoms with Gasteiger partial charge in [0.05, 0.1) is 0 Å². The number of likely N-dealkylation sites (tertiary alicyclic amines) is 1. The Bertz CT molecular complexity index is 897. The third kappa shape index (κ3) is 2.97. The van der Waals surface area contributed by atoms with Crippen molar-refractivity contribution in [3.8, 4) is 0 Å². The molecule has 0 aliphatic carbocycles. The molecule has 1 saturated heterocycles. The van der Waals surface area contributed by atoms with Crippen molar-refractivity contribution in [2.24, 2.45) is 0 Å². The molecule has 2 N–H and O–H groups in total. The van der Waals surface area contributed by atoms with Crippen LogP contribution in [-0.4, -0.2) is 40.9 Å². The van der Waals surface area contributed by atoms with Crippen molar-refractivity contribution in [1.82, 2.24) is 14.9 Å². The second-order valence-corrected chi connectivity index (χ2v) is 6.68. The van der Waals surface area contributed by atoms with Gasteiger partial charge >= 0.3 is 0 Å². The smallest absolute Gasteiger partial charge is 0.270 e. The number of aryl methyl sites for hydroxylation is 1. The molecule has 1 aromatic carbocycles. The second kappa shape index (κ2) is 6.24. The zero-order valence-electron chi connectivity index (χ0n) is 14.5. The molecule has 5 heteroatoms. The Labute approximate surface area is 147 Å². The summed E-state index contributed by atoms with van der Waals surface area (Å²) >= 11 is 0. The Morgan fingerprint density at radius 3 is 2.92 bits per heavy atom. The molecule has 25 heavy (non-hydrogen) atoms. The largest absolute Gasteiger partial charge is 0.388 e. The first-order valence-electron chi connectivity index (χ1n) is 8.67. The van der Waals surface area contributed by atoms with E-state index in [9.17, 15) is 4.79 Å². The summed E-state index contributed by atoms with van der Waals surface area (Å²) < 4.78 is 0. The highest BCUT2D eigenvalue weighted by Crippen LogP contribution is 2.29. The molecule has 0 spiro atoms.